The lowest BCUT2D eigenvalue weighted by Gasteiger charge is -2.29. The highest BCUT2D eigenvalue weighted by Crippen LogP contribution is 2.32. The van der Waals surface area contributed by atoms with E-state index in [1.165, 1.54) is 4.88 Å². The average molecular weight is 293 g/mol. The molecule has 0 aliphatic carbocycles. The van der Waals surface area contributed by atoms with Crippen LogP contribution in [0.3, 0.4) is 0 Å². The molecule has 0 bridgehead atoms. The number of nitrogens with zero attached hydrogens (tertiary/aromatic N) is 1. The Morgan fingerprint density at radius 1 is 1.60 bits per heavy atom. The third-order valence-electron chi connectivity index (χ3n) is 2.44. The minimum Gasteiger partial charge on any atom is -0.326 e. The zero-order valence-corrected chi connectivity index (χ0v) is 11.6. The molecule has 1 rings (SSSR count). The third-order valence-corrected chi connectivity index (χ3v) is 4.14. The first kappa shape index (κ1) is 13.1. The number of halogens is 1. The standard InChI is InChI=1S/C10H17BrN2OS/c1-4-7(12)10(13(2)14-3)8-5-6-9(11)15-8/h5-7,10H,4,12H2,1-3H3. The van der Waals surface area contributed by atoms with Crippen molar-refractivity contribution >= 4 is 27.3 Å². The molecule has 5 heteroatoms. The predicted molar refractivity (Wildman–Crippen MR) is 67.8 cm³/mol. The third kappa shape index (κ3) is 3.26. The molecule has 0 radical (unpaired) electrons. The van der Waals surface area contributed by atoms with Crippen LogP contribution in [0.15, 0.2) is 15.9 Å². The number of hydrogen-bond acceptors (Lipinski definition) is 4. The molecule has 2 unspecified atom stereocenters. The summed E-state index contributed by atoms with van der Waals surface area (Å²) < 4.78 is 1.12. The van der Waals surface area contributed by atoms with Gasteiger partial charge < -0.3 is 10.6 Å². The van der Waals surface area contributed by atoms with Gasteiger partial charge >= 0.3 is 0 Å². The van der Waals surface area contributed by atoms with E-state index in [0.717, 1.165) is 10.2 Å². The second kappa shape index (κ2) is 5.96. The summed E-state index contributed by atoms with van der Waals surface area (Å²) in [5, 5.41) is 1.81. The van der Waals surface area contributed by atoms with E-state index in [9.17, 15) is 0 Å². The lowest BCUT2D eigenvalue weighted by Crippen LogP contribution is -2.37. The first-order valence-electron chi connectivity index (χ1n) is 4.87. The van der Waals surface area contributed by atoms with Crippen LogP contribution < -0.4 is 5.73 Å². The molecule has 0 aliphatic heterocycles. The normalized spacial score (nSPS) is 15.6. The van der Waals surface area contributed by atoms with Crippen molar-refractivity contribution in [3.63, 3.8) is 0 Å². The first-order chi connectivity index (χ1) is 7.10. The molecule has 2 N–H and O–H groups in total. The van der Waals surface area contributed by atoms with Gasteiger partial charge in [0.05, 0.1) is 16.9 Å². The van der Waals surface area contributed by atoms with Gasteiger partial charge in [-0.3, -0.25) is 0 Å². The molecule has 0 aromatic carbocycles. The van der Waals surface area contributed by atoms with Crippen molar-refractivity contribution in [1.29, 1.82) is 0 Å². The summed E-state index contributed by atoms with van der Waals surface area (Å²) in [4.78, 5) is 6.47. The van der Waals surface area contributed by atoms with Crippen molar-refractivity contribution in [1.82, 2.24) is 5.06 Å². The summed E-state index contributed by atoms with van der Waals surface area (Å²) in [6.45, 7) is 2.09. The van der Waals surface area contributed by atoms with E-state index in [1.807, 2.05) is 18.2 Å². The van der Waals surface area contributed by atoms with Crippen molar-refractivity contribution in [2.75, 3.05) is 14.2 Å². The highest BCUT2D eigenvalue weighted by atomic mass is 79.9. The van der Waals surface area contributed by atoms with E-state index in [2.05, 4.69) is 28.9 Å². The molecule has 1 aromatic heterocycles. The fourth-order valence-corrected chi connectivity index (χ4v) is 3.12. The molecule has 0 amide bonds. The second-order valence-electron chi connectivity index (χ2n) is 3.39. The van der Waals surface area contributed by atoms with Crippen LogP contribution in [0.5, 0.6) is 0 Å². The summed E-state index contributed by atoms with van der Waals surface area (Å²) in [5.41, 5.74) is 6.10. The van der Waals surface area contributed by atoms with Crippen LogP contribution in [0.25, 0.3) is 0 Å². The quantitative estimate of drug-likeness (QED) is 0.848. The van der Waals surface area contributed by atoms with Gasteiger partial charge in [0, 0.05) is 18.0 Å². The molecule has 2 atom stereocenters. The Labute approximate surface area is 103 Å². The number of likely N-dealkylation sites (N-methyl/N-ethyl adjacent to an activating group) is 1. The monoisotopic (exact) mass is 292 g/mol. The van der Waals surface area contributed by atoms with Crippen LogP contribution in [-0.2, 0) is 4.84 Å². The molecule has 0 saturated carbocycles. The predicted octanol–water partition coefficient (Wildman–Crippen LogP) is 2.78. The Kier molecular flexibility index (Phi) is 5.22. The summed E-state index contributed by atoms with van der Waals surface area (Å²) in [7, 11) is 3.58. The Morgan fingerprint density at radius 2 is 2.27 bits per heavy atom. The zero-order chi connectivity index (χ0) is 11.4. The maximum Gasteiger partial charge on any atom is 0.0842 e. The van der Waals surface area contributed by atoms with E-state index in [-0.39, 0.29) is 12.1 Å². The summed E-state index contributed by atoms with van der Waals surface area (Å²) in [6.07, 6.45) is 0.924. The maximum atomic E-state index is 6.10. The van der Waals surface area contributed by atoms with Gasteiger partial charge in [-0.05, 0) is 34.5 Å². The largest absolute Gasteiger partial charge is 0.326 e. The average Bonchev–Trinajstić information content (AvgIpc) is 2.64. The molecule has 0 aliphatic rings. The lowest BCUT2D eigenvalue weighted by molar-refractivity contribution is -0.147. The highest BCUT2D eigenvalue weighted by Gasteiger charge is 2.24. The highest BCUT2D eigenvalue weighted by molar-refractivity contribution is 9.11. The van der Waals surface area contributed by atoms with E-state index in [4.69, 9.17) is 10.6 Å². The van der Waals surface area contributed by atoms with Crippen LogP contribution in [0, 0.1) is 0 Å². The zero-order valence-electron chi connectivity index (χ0n) is 9.24. The molecular weight excluding hydrogens is 276 g/mol. The first-order valence-corrected chi connectivity index (χ1v) is 6.48. The minimum absolute atomic E-state index is 0.0838. The van der Waals surface area contributed by atoms with Gasteiger partial charge in [0.15, 0.2) is 0 Å². The fourth-order valence-electron chi connectivity index (χ4n) is 1.48. The van der Waals surface area contributed by atoms with Crippen LogP contribution in [0.4, 0.5) is 0 Å². The summed E-state index contributed by atoms with van der Waals surface area (Å²) in [5.74, 6) is 0. The topological polar surface area (TPSA) is 38.5 Å². The van der Waals surface area contributed by atoms with Gasteiger partial charge in [-0.15, -0.1) is 11.3 Å². The van der Waals surface area contributed by atoms with Gasteiger partial charge in [0.2, 0.25) is 0 Å². The van der Waals surface area contributed by atoms with E-state index < -0.39 is 0 Å². The Hall–Kier alpha value is 0.0600. The maximum absolute atomic E-state index is 6.10. The van der Waals surface area contributed by atoms with Crippen molar-refractivity contribution < 1.29 is 4.84 Å². The van der Waals surface area contributed by atoms with Gasteiger partial charge in [-0.2, -0.15) is 5.06 Å². The Bertz CT molecular complexity index is 295. The number of hydrogen-bond donors (Lipinski definition) is 1. The fraction of sp³-hybridized carbons (Fsp3) is 0.600. The minimum atomic E-state index is 0.0838. The van der Waals surface area contributed by atoms with Crippen LogP contribution in [0.2, 0.25) is 0 Å². The molecule has 0 saturated heterocycles. The lowest BCUT2D eigenvalue weighted by atomic mass is 10.1. The van der Waals surface area contributed by atoms with Crippen molar-refractivity contribution in [3.05, 3.63) is 20.8 Å². The van der Waals surface area contributed by atoms with Crippen molar-refractivity contribution in [2.45, 2.75) is 25.4 Å². The molecule has 0 spiro atoms. The molecule has 3 nitrogen and oxygen atoms in total. The molecule has 1 heterocycles. The summed E-state index contributed by atoms with van der Waals surface area (Å²) >= 11 is 5.16. The SMILES string of the molecule is CCC(N)C(c1ccc(Br)s1)N(C)OC. The van der Waals surface area contributed by atoms with Crippen LogP contribution >= 0.6 is 27.3 Å². The van der Waals surface area contributed by atoms with E-state index >= 15 is 0 Å². The van der Waals surface area contributed by atoms with Gasteiger partial charge in [0.1, 0.15) is 0 Å². The van der Waals surface area contributed by atoms with Crippen LogP contribution in [-0.4, -0.2) is 25.3 Å². The van der Waals surface area contributed by atoms with Gasteiger partial charge in [-0.1, -0.05) is 6.92 Å². The van der Waals surface area contributed by atoms with Crippen molar-refractivity contribution in [2.24, 2.45) is 5.73 Å². The molecule has 15 heavy (non-hydrogen) atoms. The van der Waals surface area contributed by atoms with Gasteiger partial charge in [-0.25, -0.2) is 0 Å². The molecule has 0 fully saturated rings. The number of rotatable bonds is 5. The van der Waals surface area contributed by atoms with E-state index in [0.29, 0.717) is 0 Å². The van der Waals surface area contributed by atoms with Crippen LogP contribution in [0.1, 0.15) is 24.3 Å². The number of thiophene rings is 1. The Balaban J connectivity index is 2.90. The van der Waals surface area contributed by atoms with E-state index in [1.54, 1.807) is 18.4 Å². The molecular formula is C10H17BrN2OS. The number of hydroxylamine groups is 2. The molecule has 86 valence electrons. The molecule has 1 aromatic rings. The van der Waals surface area contributed by atoms with Crippen molar-refractivity contribution in [3.8, 4) is 0 Å². The second-order valence-corrected chi connectivity index (χ2v) is 5.88. The van der Waals surface area contributed by atoms with Gasteiger partial charge in [0.25, 0.3) is 0 Å². The summed E-state index contributed by atoms with van der Waals surface area (Å²) in [6, 6.07) is 4.33. The Morgan fingerprint density at radius 3 is 2.67 bits per heavy atom. The number of nitrogens with two attached hydrogens (primary N) is 1. The smallest absolute Gasteiger partial charge is 0.0842 e.